The van der Waals surface area contributed by atoms with Gasteiger partial charge in [-0.25, -0.2) is 4.79 Å². The number of nitrogens with zero attached hydrogens (tertiary/aromatic N) is 4. The van der Waals surface area contributed by atoms with Crippen molar-refractivity contribution in [2.24, 2.45) is 0 Å². The van der Waals surface area contributed by atoms with Crippen LogP contribution in [0.3, 0.4) is 0 Å². The highest BCUT2D eigenvalue weighted by molar-refractivity contribution is 8.04. The molecule has 0 radical (unpaired) electrons. The summed E-state index contributed by atoms with van der Waals surface area (Å²) in [6.07, 6.45) is 1.53. The topological polar surface area (TPSA) is 129 Å². The first-order chi connectivity index (χ1) is 19.9. The number of methoxy groups -OCH3 is 3. The van der Waals surface area contributed by atoms with Gasteiger partial charge in [0.25, 0.3) is 0 Å². The van der Waals surface area contributed by atoms with Gasteiger partial charge in [0.2, 0.25) is 0 Å². The van der Waals surface area contributed by atoms with Gasteiger partial charge in [-0.15, -0.1) is 10.2 Å². The maximum Gasteiger partial charge on any atom is 0.342 e. The average molecular weight is 573 g/mol. The Kier molecular flexibility index (Phi) is 9.50. The van der Waals surface area contributed by atoms with Crippen LogP contribution in [0.15, 0.2) is 70.7 Å². The molecule has 210 valence electrons. The summed E-state index contributed by atoms with van der Waals surface area (Å²) in [5, 5.41) is 28.3. The molecule has 0 saturated carbocycles. The minimum Gasteiger partial charge on any atom is -0.497 e. The van der Waals surface area contributed by atoms with Gasteiger partial charge in [-0.05, 0) is 60.7 Å². The normalized spacial score (nSPS) is 11.0. The van der Waals surface area contributed by atoms with Crippen molar-refractivity contribution in [2.45, 2.75) is 25.2 Å². The molecule has 4 rings (SSSR count). The number of aromatic nitrogens is 3. The number of carboxylic acid groups (broad SMARTS) is 1. The largest absolute Gasteiger partial charge is 0.497 e. The zero-order valence-corrected chi connectivity index (χ0v) is 23.8. The van der Waals surface area contributed by atoms with Crippen LogP contribution in [-0.4, -0.2) is 47.2 Å². The number of nitriles is 1. The van der Waals surface area contributed by atoms with Crippen LogP contribution < -0.4 is 18.9 Å². The van der Waals surface area contributed by atoms with Crippen molar-refractivity contribution >= 4 is 23.8 Å². The number of ether oxygens (including phenoxy) is 4. The summed E-state index contributed by atoms with van der Waals surface area (Å²) in [5.41, 5.74) is 2.60. The average Bonchev–Trinajstić information content (AvgIpc) is 3.42. The van der Waals surface area contributed by atoms with Crippen molar-refractivity contribution in [2.75, 3.05) is 21.3 Å². The SMILES string of the molecule is CCn1c(S/C(=C\c2ccc(OCc3ccccc3C#N)c(OC)c2)C(=O)O)nnc1-c1cc(OC)cc(OC)c1. The molecule has 0 fully saturated rings. The van der Waals surface area contributed by atoms with Crippen molar-refractivity contribution in [1.29, 1.82) is 5.26 Å². The van der Waals surface area contributed by atoms with E-state index < -0.39 is 5.97 Å². The van der Waals surface area contributed by atoms with E-state index in [1.165, 1.54) is 13.2 Å². The standard InChI is InChI=1S/C30H28N4O6S/c1-5-34-28(22-14-23(37-2)16-24(15-22)38-3)32-33-30(34)41-27(29(35)36)13-19-10-11-25(26(12-19)39-4)40-18-21-9-7-6-8-20(21)17-31/h6-16H,5,18H2,1-4H3,(H,35,36)/b27-13-. The quantitative estimate of drug-likeness (QED) is 0.168. The third-order valence-corrected chi connectivity index (χ3v) is 7.06. The Morgan fingerprint density at radius 1 is 1.00 bits per heavy atom. The molecule has 0 amide bonds. The smallest absolute Gasteiger partial charge is 0.342 e. The molecule has 0 aliphatic carbocycles. The Morgan fingerprint density at radius 2 is 1.73 bits per heavy atom. The van der Waals surface area contributed by atoms with Crippen LogP contribution in [0.5, 0.6) is 23.0 Å². The van der Waals surface area contributed by atoms with Crippen LogP contribution in [0, 0.1) is 11.3 Å². The second-order valence-corrected chi connectivity index (χ2v) is 9.54. The van der Waals surface area contributed by atoms with E-state index in [9.17, 15) is 15.2 Å². The van der Waals surface area contributed by atoms with Gasteiger partial charge >= 0.3 is 5.97 Å². The fourth-order valence-corrected chi connectivity index (χ4v) is 4.87. The fourth-order valence-electron chi connectivity index (χ4n) is 3.99. The minimum atomic E-state index is -1.11. The lowest BCUT2D eigenvalue weighted by Crippen LogP contribution is -2.03. The van der Waals surface area contributed by atoms with E-state index in [0.717, 1.165) is 22.9 Å². The molecule has 0 unspecified atom stereocenters. The summed E-state index contributed by atoms with van der Waals surface area (Å²) in [6, 6.07) is 19.8. The Hall–Kier alpha value is -4.95. The first-order valence-electron chi connectivity index (χ1n) is 12.5. The third-order valence-electron chi connectivity index (χ3n) is 6.06. The molecular formula is C30H28N4O6S. The Labute approximate surface area is 241 Å². The maximum atomic E-state index is 12.2. The van der Waals surface area contributed by atoms with Gasteiger partial charge in [-0.3, -0.25) is 0 Å². The summed E-state index contributed by atoms with van der Waals surface area (Å²) in [4.78, 5) is 12.3. The van der Waals surface area contributed by atoms with Crippen molar-refractivity contribution < 1.29 is 28.8 Å². The van der Waals surface area contributed by atoms with Crippen molar-refractivity contribution in [1.82, 2.24) is 14.8 Å². The van der Waals surface area contributed by atoms with Gasteiger partial charge < -0.3 is 28.6 Å². The molecule has 0 atom stereocenters. The monoisotopic (exact) mass is 572 g/mol. The predicted molar refractivity (Wildman–Crippen MR) is 154 cm³/mol. The summed E-state index contributed by atoms with van der Waals surface area (Å²) in [7, 11) is 4.64. The van der Waals surface area contributed by atoms with E-state index in [1.807, 2.05) is 35.8 Å². The van der Waals surface area contributed by atoms with E-state index in [-0.39, 0.29) is 11.5 Å². The molecule has 0 bridgehead atoms. The number of benzene rings is 3. The van der Waals surface area contributed by atoms with Crippen LogP contribution in [-0.2, 0) is 17.9 Å². The highest BCUT2D eigenvalue weighted by Crippen LogP contribution is 2.35. The highest BCUT2D eigenvalue weighted by Gasteiger charge is 2.20. The molecule has 0 aliphatic rings. The number of carboxylic acids is 1. The van der Waals surface area contributed by atoms with Crippen molar-refractivity contribution in [3.63, 3.8) is 0 Å². The second-order valence-electron chi connectivity index (χ2n) is 8.54. The number of carbonyl (C=O) groups is 1. The molecule has 0 saturated heterocycles. The second kappa shape index (κ2) is 13.4. The lowest BCUT2D eigenvalue weighted by Gasteiger charge is -2.12. The van der Waals surface area contributed by atoms with Crippen LogP contribution in [0.25, 0.3) is 17.5 Å². The van der Waals surface area contributed by atoms with Gasteiger partial charge in [0.1, 0.15) is 23.0 Å². The van der Waals surface area contributed by atoms with E-state index >= 15 is 0 Å². The molecule has 1 heterocycles. The van der Waals surface area contributed by atoms with E-state index in [2.05, 4.69) is 16.3 Å². The maximum absolute atomic E-state index is 12.2. The number of rotatable bonds is 12. The van der Waals surface area contributed by atoms with Crippen molar-refractivity contribution in [3.8, 4) is 40.5 Å². The zero-order valence-electron chi connectivity index (χ0n) is 23.0. The number of hydrogen-bond acceptors (Lipinski definition) is 9. The summed E-state index contributed by atoms with van der Waals surface area (Å²) in [6.45, 7) is 2.61. The third kappa shape index (κ3) is 6.80. The Balaban J connectivity index is 1.60. The molecule has 1 N–H and O–H groups in total. The van der Waals surface area contributed by atoms with Crippen LogP contribution in [0.1, 0.15) is 23.6 Å². The molecule has 3 aromatic carbocycles. The lowest BCUT2D eigenvalue weighted by atomic mass is 10.1. The molecule has 41 heavy (non-hydrogen) atoms. The van der Waals surface area contributed by atoms with E-state index in [1.54, 1.807) is 50.6 Å². The van der Waals surface area contributed by atoms with Gasteiger partial charge in [-0.2, -0.15) is 5.26 Å². The molecule has 4 aromatic rings. The fraction of sp³-hybridized carbons (Fsp3) is 0.200. The van der Waals surface area contributed by atoms with Crippen LogP contribution in [0.2, 0.25) is 0 Å². The van der Waals surface area contributed by atoms with Gasteiger partial charge in [0.15, 0.2) is 22.5 Å². The number of aliphatic carboxylic acids is 1. The lowest BCUT2D eigenvalue weighted by molar-refractivity contribution is -0.131. The molecule has 10 nitrogen and oxygen atoms in total. The van der Waals surface area contributed by atoms with Crippen LogP contribution >= 0.6 is 11.8 Å². The molecule has 0 spiro atoms. The van der Waals surface area contributed by atoms with E-state index in [4.69, 9.17) is 18.9 Å². The first kappa shape index (κ1) is 29.0. The summed E-state index contributed by atoms with van der Waals surface area (Å²) in [5.74, 6) is 1.53. The van der Waals surface area contributed by atoms with Gasteiger partial charge in [-0.1, -0.05) is 24.3 Å². The minimum absolute atomic E-state index is 0.0422. The van der Waals surface area contributed by atoms with E-state index in [0.29, 0.717) is 51.7 Å². The molecule has 11 heteroatoms. The van der Waals surface area contributed by atoms with Crippen molar-refractivity contribution in [3.05, 3.63) is 82.3 Å². The molecule has 0 aliphatic heterocycles. The van der Waals surface area contributed by atoms with Gasteiger partial charge in [0, 0.05) is 23.7 Å². The summed E-state index contributed by atoms with van der Waals surface area (Å²) < 4.78 is 24.0. The zero-order chi connectivity index (χ0) is 29.4. The predicted octanol–water partition coefficient (Wildman–Crippen LogP) is 5.66. The van der Waals surface area contributed by atoms with Gasteiger partial charge in [0.05, 0.1) is 33.0 Å². The van der Waals surface area contributed by atoms with Crippen LogP contribution in [0.4, 0.5) is 0 Å². The first-order valence-corrected chi connectivity index (χ1v) is 13.3. The Bertz CT molecular complexity index is 1600. The Morgan fingerprint density at radius 3 is 2.37 bits per heavy atom. The highest BCUT2D eigenvalue weighted by atomic mass is 32.2. The number of hydrogen-bond donors (Lipinski definition) is 1. The number of thioether (sulfide) groups is 1. The summed E-state index contributed by atoms with van der Waals surface area (Å²) >= 11 is 0.993. The molecular weight excluding hydrogens is 544 g/mol. The molecule has 1 aromatic heterocycles.